The molecule has 2 aliphatic rings. The molecular formula is C20H18FN3O4. The molecule has 28 heavy (non-hydrogen) atoms. The van der Waals surface area contributed by atoms with E-state index in [0.717, 1.165) is 36.5 Å². The van der Waals surface area contributed by atoms with Gasteiger partial charge in [-0.15, -0.1) is 0 Å². The molecule has 2 aromatic rings. The second kappa shape index (κ2) is 7.30. The number of rotatable bonds is 4. The number of barbiturate groups is 1. The Morgan fingerprint density at radius 3 is 2.61 bits per heavy atom. The van der Waals surface area contributed by atoms with Gasteiger partial charge in [-0.1, -0.05) is 0 Å². The van der Waals surface area contributed by atoms with Crippen LogP contribution in [0.2, 0.25) is 0 Å². The molecule has 2 saturated heterocycles. The molecule has 0 bridgehead atoms. The van der Waals surface area contributed by atoms with Crippen molar-refractivity contribution in [2.75, 3.05) is 18.0 Å². The number of anilines is 1. The minimum Gasteiger partial charge on any atom is -0.467 e. The zero-order valence-corrected chi connectivity index (χ0v) is 15.0. The summed E-state index contributed by atoms with van der Waals surface area (Å²) in [6.07, 6.45) is 4.73. The Morgan fingerprint density at radius 2 is 1.93 bits per heavy atom. The van der Waals surface area contributed by atoms with Gasteiger partial charge >= 0.3 is 6.03 Å². The molecule has 144 valence electrons. The predicted octanol–water partition coefficient (Wildman–Crippen LogP) is 2.68. The Hall–Kier alpha value is -3.42. The molecule has 0 unspecified atom stereocenters. The zero-order chi connectivity index (χ0) is 19.7. The van der Waals surface area contributed by atoms with E-state index in [-0.39, 0.29) is 17.7 Å². The van der Waals surface area contributed by atoms with Crippen molar-refractivity contribution < 1.29 is 23.2 Å². The molecule has 0 saturated carbocycles. The first-order chi connectivity index (χ1) is 13.5. The summed E-state index contributed by atoms with van der Waals surface area (Å²) in [7, 11) is 0. The lowest BCUT2D eigenvalue weighted by molar-refractivity contribution is -0.130. The molecule has 4 amide bonds. The van der Waals surface area contributed by atoms with Gasteiger partial charge < -0.3 is 9.32 Å². The minimum atomic E-state index is -0.853. The van der Waals surface area contributed by atoms with Gasteiger partial charge in [-0.25, -0.2) is 9.18 Å². The fraction of sp³-hybridized carbons (Fsp3) is 0.250. The molecule has 4 rings (SSSR count). The van der Waals surface area contributed by atoms with Crippen LogP contribution in [0.1, 0.15) is 24.2 Å². The van der Waals surface area contributed by atoms with Crippen LogP contribution in [0.5, 0.6) is 0 Å². The van der Waals surface area contributed by atoms with E-state index in [1.807, 2.05) is 0 Å². The first kappa shape index (κ1) is 18.0. The fourth-order valence-electron chi connectivity index (χ4n) is 3.36. The number of hydrogen-bond donors (Lipinski definition) is 1. The van der Waals surface area contributed by atoms with Crippen molar-refractivity contribution in [2.45, 2.75) is 19.4 Å². The number of hydrogen-bond acceptors (Lipinski definition) is 5. The van der Waals surface area contributed by atoms with Crippen LogP contribution in [-0.2, 0) is 16.1 Å². The summed E-state index contributed by atoms with van der Waals surface area (Å²) < 4.78 is 19.7. The number of urea groups is 1. The van der Waals surface area contributed by atoms with Crippen molar-refractivity contribution in [3.63, 3.8) is 0 Å². The highest BCUT2D eigenvalue weighted by molar-refractivity contribution is 6.30. The number of nitrogens with one attached hydrogen (secondary N) is 1. The second-order valence-electron chi connectivity index (χ2n) is 6.69. The molecule has 1 aromatic heterocycles. The van der Waals surface area contributed by atoms with Gasteiger partial charge in [-0.2, -0.15) is 0 Å². The van der Waals surface area contributed by atoms with Crippen LogP contribution in [0.25, 0.3) is 6.08 Å². The van der Waals surface area contributed by atoms with Crippen molar-refractivity contribution in [1.82, 2.24) is 10.2 Å². The van der Waals surface area contributed by atoms with Crippen molar-refractivity contribution >= 4 is 29.6 Å². The van der Waals surface area contributed by atoms with E-state index < -0.39 is 23.7 Å². The summed E-state index contributed by atoms with van der Waals surface area (Å²) in [6, 6.07) is 7.09. The number of carbonyl (C=O) groups is 3. The average molecular weight is 383 g/mol. The number of furan rings is 1. The Bertz CT molecular complexity index is 962. The quantitative estimate of drug-likeness (QED) is 0.648. The Kier molecular flexibility index (Phi) is 4.68. The predicted molar refractivity (Wildman–Crippen MR) is 98.6 cm³/mol. The highest BCUT2D eigenvalue weighted by Gasteiger charge is 2.36. The van der Waals surface area contributed by atoms with Crippen LogP contribution in [-0.4, -0.2) is 35.8 Å². The maximum absolute atomic E-state index is 14.6. The van der Waals surface area contributed by atoms with Gasteiger partial charge in [0.15, 0.2) is 0 Å². The summed E-state index contributed by atoms with van der Waals surface area (Å²) in [5.74, 6) is -1.80. The molecule has 2 aliphatic heterocycles. The largest absolute Gasteiger partial charge is 0.467 e. The lowest BCUT2D eigenvalue weighted by atomic mass is 10.1. The lowest BCUT2D eigenvalue weighted by Gasteiger charge is -2.25. The van der Waals surface area contributed by atoms with E-state index in [0.29, 0.717) is 5.76 Å². The first-order valence-electron chi connectivity index (χ1n) is 8.98. The number of carbonyl (C=O) groups excluding carboxylic acids is 3. The van der Waals surface area contributed by atoms with Gasteiger partial charge in [-0.05, 0) is 49.2 Å². The average Bonchev–Trinajstić information content (AvgIpc) is 3.37. The first-order valence-corrected chi connectivity index (χ1v) is 8.98. The van der Waals surface area contributed by atoms with E-state index in [4.69, 9.17) is 4.42 Å². The van der Waals surface area contributed by atoms with Gasteiger partial charge in [0.2, 0.25) is 0 Å². The van der Waals surface area contributed by atoms with E-state index in [1.165, 1.54) is 24.5 Å². The summed E-state index contributed by atoms with van der Waals surface area (Å²) in [5.41, 5.74) is 0.568. The number of imide groups is 2. The number of nitrogens with zero attached hydrogens (tertiary/aromatic N) is 2. The Morgan fingerprint density at radius 1 is 1.14 bits per heavy atom. The van der Waals surface area contributed by atoms with Crippen molar-refractivity contribution in [2.24, 2.45) is 0 Å². The molecule has 0 aliphatic carbocycles. The maximum Gasteiger partial charge on any atom is 0.331 e. The zero-order valence-electron chi connectivity index (χ0n) is 15.0. The third kappa shape index (κ3) is 3.40. The highest BCUT2D eigenvalue weighted by atomic mass is 19.1. The van der Waals surface area contributed by atoms with Crippen LogP contribution in [0, 0.1) is 5.82 Å². The molecular weight excluding hydrogens is 365 g/mol. The van der Waals surface area contributed by atoms with Gasteiger partial charge in [-0.3, -0.25) is 19.8 Å². The standard InChI is InChI=1S/C20H18FN3O4/c21-17-11-14(23-7-1-2-8-23)6-5-13(17)10-16-18(25)22-20(27)24(19(16)26)12-15-4-3-9-28-15/h3-6,9-11H,1-2,7-8,12H2,(H,22,25,27)/b16-10+. The van der Waals surface area contributed by atoms with Crippen LogP contribution in [0.4, 0.5) is 14.9 Å². The molecule has 2 fully saturated rings. The topological polar surface area (TPSA) is 82.9 Å². The smallest absolute Gasteiger partial charge is 0.331 e. The molecule has 1 aromatic carbocycles. The summed E-state index contributed by atoms with van der Waals surface area (Å²) in [5, 5.41) is 2.10. The maximum atomic E-state index is 14.6. The van der Waals surface area contributed by atoms with E-state index in [9.17, 15) is 18.8 Å². The van der Waals surface area contributed by atoms with E-state index in [2.05, 4.69) is 10.2 Å². The second-order valence-corrected chi connectivity index (χ2v) is 6.69. The Labute approximate surface area is 160 Å². The third-order valence-electron chi connectivity index (χ3n) is 4.83. The van der Waals surface area contributed by atoms with Gasteiger partial charge in [0, 0.05) is 24.3 Å². The monoisotopic (exact) mass is 383 g/mol. The van der Waals surface area contributed by atoms with Crippen molar-refractivity contribution in [3.05, 3.63) is 59.3 Å². The van der Waals surface area contributed by atoms with Crippen molar-refractivity contribution in [1.29, 1.82) is 0 Å². The number of halogens is 1. The van der Waals surface area contributed by atoms with E-state index in [1.54, 1.807) is 18.2 Å². The minimum absolute atomic E-state index is 0.105. The molecule has 0 spiro atoms. The van der Waals surface area contributed by atoms with E-state index >= 15 is 0 Å². The summed E-state index contributed by atoms with van der Waals surface area (Å²) in [6.45, 7) is 1.63. The Balaban J connectivity index is 1.61. The third-order valence-corrected chi connectivity index (χ3v) is 4.83. The van der Waals surface area contributed by atoms with Crippen LogP contribution < -0.4 is 10.2 Å². The SMILES string of the molecule is O=C1NC(=O)N(Cc2ccco2)C(=O)/C1=C/c1ccc(N2CCCC2)cc1F. The van der Waals surface area contributed by atoms with Crippen LogP contribution in [0.15, 0.2) is 46.6 Å². The fourth-order valence-corrected chi connectivity index (χ4v) is 3.36. The van der Waals surface area contributed by atoms with Crippen LogP contribution >= 0.6 is 0 Å². The summed E-state index contributed by atoms with van der Waals surface area (Å²) in [4.78, 5) is 39.8. The molecule has 1 N–H and O–H groups in total. The number of amides is 4. The van der Waals surface area contributed by atoms with Gasteiger partial charge in [0.1, 0.15) is 17.2 Å². The summed E-state index contributed by atoms with van der Waals surface area (Å²) >= 11 is 0. The molecule has 0 atom stereocenters. The van der Waals surface area contributed by atoms with Crippen molar-refractivity contribution in [3.8, 4) is 0 Å². The number of benzene rings is 1. The molecule has 7 nitrogen and oxygen atoms in total. The van der Waals surface area contributed by atoms with Gasteiger partial charge in [0.25, 0.3) is 11.8 Å². The van der Waals surface area contributed by atoms with Gasteiger partial charge in [0.05, 0.1) is 12.8 Å². The highest BCUT2D eigenvalue weighted by Crippen LogP contribution is 2.25. The molecule has 0 radical (unpaired) electrons. The molecule has 8 heteroatoms. The van der Waals surface area contributed by atoms with Crippen LogP contribution in [0.3, 0.4) is 0 Å². The normalized spacial score (nSPS) is 18.9. The molecule has 3 heterocycles. The lowest BCUT2D eigenvalue weighted by Crippen LogP contribution is -2.53.